The van der Waals surface area contributed by atoms with Crippen molar-refractivity contribution in [3.8, 4) is 0 Å². The maximum atomic E-state index is 10.3. The summed E-state index contributed by atoms with van der Waals surface area (Å²) in [5, 5.41) is 2.03. The Morgan fingerprint density at radius 3 is 1.93 bits per heavy atom. The van der Waals surface area contributed by atoms with E-state index in [4.69, 9.17) is 0 Å². The molecule has 5 heteroatoms. The Kier molecular flexibility index (Phi) is 3.17. The van der Waals surface area contributed by atoms with Gasteiger partial charge in [-0.25, -0.2) is 4.79 Å². The number of hydrogen-bond donors (Lipinski definition) is 1. The molecule has 2 aliphatic heterocycles. The maximum absolute atomic E-state index is 10.3. The smallest absolute Gasteiger partial charge is 0.333 e. The summed E-state index contributed by atoms with van der Waals surface area (Å²) in [6.07, 6.45) is 3.10. The second-order valence-electron chi connectivity index (χ2n) is 2.68. The molecule has 2 heterocycles. The standard InChI is InChI=1S/C5H6O2.C4H3NO2/c1-4-2-3-7-5(4)6;6-3-1-2-4(7)5-3/h1-3H2;1-2H,(H,5,6,7). The van der Waals surface area contributed by atoms with Gasteiger partial charge < -0.3 is 4.74 Å². The first-order chi connectivity index (χ1) is 6.59. The van der Waals surface area contributed by atoms with Crippen LogP contribution in [0.1, 0.15) is 6.42 Å². The number of ether oxygens (including phenoxy) is 1. The molecule has 0 aromatic rings. The lowest BCUT2D eigenvalue weighted by Gasteiger charge is -1.82. The normalized spacial score (nSPS) is 18.9. The molecule has 1 fully saturated rings. The van der Waals surface area contributed by atoms with Gasteiger partial charge in [-0.05, 0) is 0 Å². The monoisotopic (exact) mass is 195 g/mol. The molecular weight excluding hydrogens is 186 g/mol. The van der Waals surface area contributed by atoms with E-state index in [0.29, 0.717) is 18.6 Å². The molecule has 0 aromatic heterocycles. The van der Waals surface area contributed by atoms with Gasteiger partial charge in [-0.2, -0.15) is 0 Å². The minimum absolute atomic E-state index is 0.236. The summed E-state index contributed by atoms with van der Waals surface area (Å²) >= 11 is 0. The van der Waals surface area contributed by atoms with E-state index >= 15 is 0 Å². The van der Waals surface area contributed by atoms with Crippen molar-refractivity contribution < 1.29 is 19.1 Å². The van der Waals surface area contributed by atoms with Gasteiger partial charge in [-0.15, -0.1) is 0 Å². The third-order valence-electron chi connectivity index (χ3n) is 1.56. The highest BCUT2D eigenvalue weighted by molar-refractivity contribution is 6.12. The highest BCUT2D eigenvalue weighted by atomic mass is 16.5. The van der Waals surface area contributed by atoms with Gasteiger partial charge in [-0.1, -0.05) is 6.58 Å². The van der Waals surface area contributed by atoms with Crippen LogP contribution < -0.4 is 5.32 Å². The minimum atomic E-state index is -0.329. The predicted octanol–water partition coefficient (Wildman–Crippen LogP) is -0.312. The van der Waals surface area contributed by atoms with E-state index in [1.807, 2.05) is 5.32 Å². The van der Waals surface area contributed by atoms with Crippen LogP contribution in [0, 0.1) is 0 Å². The van der Waals surface area contributed by atoms with Crippen molar-refractivity contribution in [3.63, 3.8) is 0 Å². The predicted molar refractivity (Wildman–Crippen MR) is 47.0 cm³/mol. The van der Waals surface area contributed by atoms with Crippen LogP contribution in [0.3, 0.4) is 0 Å². The average molecular weight is 195 g/mol. The maximum Gasteiger partial charge on any atom is 0.333 e. The number of cyclic esters (lactones) is 1. The highest BCUT2D eigenvalue weighted by Crippen LogP contribution is 2.08. The largest absolute Gasteiger partial charge is 0.462 e. The van der Waals surface area contributed by atoms with E-state index in [9.17, 15) is 14.4 Å². The van der Waals surface area contributed by atoms with E-state index < -0.39 is 0 Å². The Bertz CT molecular complexity index is 300. The molecule has 5 nitrogen and oxygen atoms in total. The van der Waals surface area contributed by atoms with Gasteiger partial charge in [-0.3, -0.25) is 14.9 Å². The van der Waals surface area contributed by atoms with Gasteiger partial charge in [0.25, 0.3) is 11.8 Å². The van der Waals surface area contributed by atoms with Crippen molar-refractivity contribution in [1.29, 1.82) is 0 Å². The molecule has 2 aliphatic rings. The molecule has 1 N–H and O–H groups in total. The fraction of sp³-hybridized carbons (Fsp3) is 0.222. The molecule has 2 rings (SSSR count). The van der Waals surface area contributed by atoms with Crippen molar-refractivity contribution in [3.05, 3.63) is 24.3 Å². The van der Waals surface area contributed by atoms with E-state index in [-0.39, 0.29) is 17.8 Å². The van der Waals surface area contributed by atoms with Gasteiger partial charge in [0.1, 0.15) is 0 Å². The van der Waals surface area contributed by atoms with Crippen LogP contribution in [-0.2, 0) is 19.1 Å². The Morgan fingerprint density at radius 2 is 1.79 bits per heavy atom. The summed E-state index contributed by atoms with van der Waals surface area (Å²) in [6.45, 7) is 3.99. The van der Waals surface area contributed by atoms with Crippen LogP contribution in [0.15, 0.2) is 24.3 Å². The Labute approximate surface area is 80.4 Å². The van der Waals surface area contributed by atoms with Crippen LogP contribution >= 0.6 is 0 Å². The second-order valence-corrected chi connectivity index (χ2v) is 2.68. The van der Waals surface area contributed by atoms with Crippen molar-refractivity contribution in [2.75, 3.05) is 6.61 Å². The summed E-state index contributed by atoms with van der Waals surface area (Å²) in [7, 11) is 0. The van der Waals surface area contributed by atoms with Gasteiger partial charge in [0, 0.05) is 24.1 Å². The first-order valence-corrected chi connectivity index (χ1v) is 3.97. The number of hydrogen-bond acceptors (Lipinski definition) is 4. The Hall–Kier alpha value is -1.91. The first kappa shape index (κ1) is 10.2. The number of esters is 1. The zero-order valence-electron chi connectivity index (χ0n) is 7.41. The van der Waals surface area contributed by atoms with Crippen molar-refractivity contribution in [1.82, 2.24) is 5.32 Å². The van der Waals surface area contributed by atoms with Gasteiger partial charge in [0.15, 0.2) is 0 Å². The van der Waals surface area contributed by atoms with Crippen LogP contribution in [0.5, 0.6) is 0 Å². The van der Waals surface area contributed by atoms with Gasteiger partial charge in [0.2, 0.25) is 0 Å². The lowest BCUT2D eigenvalue weighted by molar-refractivity contribution is -0.135. The van der Waals surface area contributed by atoms with Crippen LogP contribution in [0.25, 0.3) is 0 Å². The highest BCUT2D eigenvalue weighted by Gasteiger charge is 2.14. The molecule has 74 valence electrons. The molecule has 0 saturated carbocycles. The number of amides is 2. The van der Waals surface area contributed by atoms with Crippen molar-refractivity contribution in [2.24, 2.45) is 0 Å². The van der Waals surface area contributed by atoms with Crippen molar-refractivity contribution >= 4 is 17.8 Å². The topological polar surface area (TPSA) is 72.5 Å². The molecule has 2 amide bonds. The number of carbonyl (C=O) groups is 3. The lowest BCUT2D eigenvalue weighted by atomic mass is 10.3. The summed E-state index contributed by atoms with van der Waals surface area (Å²) in [4.78, 5) is 30.3. The van der Waals surface area contributed by atoms with E-state index in [2.05, 4.69) is 11.3 Å². The van der Waals surface area contributed by atoms with Gasteiger partial charge in [0.05, 0.1) is 6.61 Å². The third-order valence-corrected chi connectivity index (χ3v) is 1.56. The lowest BCUT2D eigenvalue weighted by Crippen LogP contribution is -2.19. The molecule has 0 aliphatic carbocycles. The SMILES string of the molecule is C=C1CCOC1=O.O=C1C=CC(=O)N1. The molecule has 0 radical (unpaired) electrons. The molecule has 0 bridgehead atoms. The van der Waals surface area contributed by atoms with Crippen LogP contribution in [0.2, 0.25) is 0 Å². The number of nitrogens with one attached hydrogen (secondary N) is 1. The second kappa shape index (κ2) is 4.36. The van der Waals surface area contributed by atoms with E-state index in [0.717, 1.165) is 0 Å². The minimum Gasteiger partial charge on any atom is -0.462 e. The summed E-state index contributed by atoms with van der Waals surface area (Å²) < 4.78 is 4.53. The van der Waals surface area contributed by atoms with E-state index in [1.54, 1.807) is 0 Å². The molecular formula is C9H9NO4. The van der Waals surface area contributed by atoms with Crippen LogP contribution in [-0.4, -0.2) is 24.4 Å². The van der Waals surface area contributed by atoms with Crippen LogP contribution in [0.4, 0.5) is 0 Å². The van der Waals surface area contributed by atoms with Gasteiger partial charge >= 0.3 is 5.97 Å². The Morgan fingerprint density at radius 1 is 1.21 bits per heavy atom. The molecule has 14 heavy (non-hydrogen) atoms. The number of carbonyl (C=O) groups excluding carboxylic acids is 3. The zero-order chi connectivity index (χ0) is 10.6. The third kappa shape index (κ3) is 2.85. The van der Waals surface area contributed by atoms with E-state index in [1.165, 1.54) is 12.2 Å². The molecule has 0 aromatic carbocycles. The first-order valence-electron chi connectivity index (χ1n) is 3.97. The fourth-order valence-corrected chi connectivity index (χ4v) is 0.827. The number of rotatable bonds is 0. The van der Waals surface area contributed by atoms with Crippen molar-refractivity contribution in [2.45, 2.75) is 6.42 Å². The molecule has 0 spiro atoms. The summed E-state index contributed by atoms with van der Waals surface area (Å²) in [5.74, 6) is -0.894. The average Bonchev–Trinajstić information content (AvgIpc) is 2.65. The summed E-state index contributed by atoms with van der Waals surface area (Å²) in [6, 6.07) is 0. The summed E-state index contributed by atoms with van der Waals surface area (Å²) in [5.41, 5.74) is 0.597. The Balaban J connectivity index is 0.000000140. The molecule has 0 unspecified atom stereocenters. The number of imide groups is 1. The fourth-order valence-electron chi connectivity index (χ4n) is 0.827. The molecule has 0 atom stereocenters. The zero-order valence-corrected chi connectivity index (χ0v) is 7.41. The quantitative estimate of drug-likeness (QED) is 0.327. The molecule has 1 saturated heterocycles.